The molecule has 0 unspecified atom stereocenters. The smallest absolute Gasteiger partial charge is 0.191 e. The van der Waals surface area contributed by atoms with Crippen LogP contribution in [0.2, 0.25) is 0 Å². The van der Waals surface area contributed by atoms with Gasteiger partial charge in [-0.25, -0.2) is 4.98 Å². The molecule has 0 atom stereocenters. The second kappa shape index (κ2) is 9.37. The van der Waals surface area contributed by atoms with Crippen molar-refractivity contribution in [2.75, 3.05) is 20.1 Å². The number of nitrogens with one attached hydrogen (secondary N) is 2. The molecule has 3 rings (SSSR count). The van der Waals surface area contributed by atoms with Crippen LogP contribution in [0.3, 0.4) is 0 Å². The van der Waals surface area contributed by atoms with Crippen LogP contribution in [0.15, 0.2) is 10.4 Å². The molecule has 27 heavy (non-hydrogen) atoms. The number of hydrogen-bond donors (Lipinski definition) is 2. The van der Waals surface area contributed by atoms with Crippen LogP contribution in [0.1, 0.15) is 76.4 Å². The van der Waals surface area contributed by atoms with E-state index in [1.807, 2.05) is 7.05 Å². The predicted molar refractivity (Wildman–Crippen MR) is 116 cm³/mol. The van der Waals surface area contributed by atoms with Gasteiger partial charge in [-0.2, -0.15) is 0 Å². The number of rotatable bonds is 4. The number of nitrogens with zero attached hydrogens (tertiary/aromatic N) is 3. The fraction of sp³-hybridized carbons (Fsp3) is 0.810. The Morgan fingerprint density at radius 1 is 1.19 bits per heavy atom. The summed E-state index contributed by atoms with van der Waals surface area (Å²) < 4.78 is 0. The van der Waals surface area contributed by atoms with Crippen molar-refractivity contribution in [1.29, 1.82) is 0 Å². The molecule has 2 fully saturated rings. The van der Waals surface area contributed by atoms with Crippen LogP contribution in [0.5, 0.6) is 0 Å². The monoisotopic (exact) mass is 391 g/mol. The van der Waals surface area contributed by atoms with E-state index < -0.39 is 0 Å². The number of guanidine groups is 1. The Morgan fingerprint density at radius 2 is 1.89 bits per heavy atom. The maximum Gasteiger partial charge on any atom is 0.191 e. The van der Waals surface area contributed by atoms with Gasteiger partial charge < -0.3 is 15.5 Å². The summed E-state index contributed by atoms with van der Waals surface area (Å²) in [5.74, 6) is 0.902. The molecular formula is C21H37N5S. The molecule has 0 radical (unpaired) electrons. The maximum absolute atomic E-state index is 4.76. The van der Waals surface area contributed by atoms with Gasteiger partial charge in [0.1, 0.15) is 5.01 Å². The van der Waals surface area contributed by atoms with E-state index in [0.29, 0.717) is 6.04 Å². The predicted octanol–water partition coefficient (Wildman–Crippen LogP) is 3.90. The van der Waals surface area contributed by atoms with E-state index in [4.69, 9.17) is 4.98 Å². The second-order valence-corrected chi connectivity index (χ2v) is 9.99. The largest absolute Gasteiger partial charge is 0.354 e. The number of piperidine rings is 1. The summed E-state index contributed by atoms with van der Waals surface area (Å²) in [7, 11) is 1.86. The summed E-state index contributed by atoms with van der Waals surface area (Å²) in [4.78, 5) is 11.9. The van der Waals surface area contributed by atoms with Crippen molar-refractivity contribution >= 4 is 17.3 Å². The molecule has 0 spiro atoms. The molecular weight excluding hydrogens is 354 g/mol. The minimum Gasteiger partial charge on any atom is -0.354 e. The van der Waals surface area contributed by atoms with Gasteiger partial charge in [-0.15, -0.1) is 11.3 Å². The van der Waals surface area contributed by atoms with Crippen LogP contribution in [-0.4, -0.2) is 48.1 Å². The number of thiazole rings is 1. The topological polar surface area (TPSA) is 52.6 Å². The first kappa shape index (κ1) is 20.6. The Morgan fingerprint density at radius 3 is 2.48 bits per heavy atom. The molecule has 1 saturated carbocycles. The van der Waals surface area contributed by atoms with Gasteiger partial charge in [0.05, 0.1) is 12.2 Å². The lowest BCUT2D eigenvalue weighted by molar-refractivity contribution is 0.119. The first-order valence-corrected chi connectivity index (χ1v) is 11.5. The molecule has 0 bridgehead atoms. The Bertz CT molecular complexity index is 604. The molecule has 5 nitrogen and oxygen atoms in total. The summed E-state index contributed by atoms with van der Waals surface area (Å²) in [5.41, 5.74) is 1.28. The van der Waals surface area contributed by atoms with Crippen LogP contribution in [0, 0.1) is 0 Å². The fourth-order valence-electron chi connectivity index (χ4n) is 4.14. The fourth-order valence-corrected chi connectivity index (χ4v) is 5.10. The van der Waals surface area contributed by atoms with E-state index in [9.17, 15) is 0 Å². The molecule has 2 heterocycles. The lowest BCUT2D eigenvalue weighted by Crippen LogP contribution is -2.50. The first-order chi connectivity index (χ1) is 13.0. The van der Waals surface area contributed by atoms with Crippen LogP contribution in [0.25, 0.3) is 0 Å². The third-order valence-electron chi connectivity index (χ3n) is 5.91. The van der Waals surface area contributed by atoms with Crippen molar-refractivity contribution in [3.05, 3.63) is 16.1 Å². The maximum atomic E-state index is 4.76. The lowest BCUT2D eigenvalue weighted by atomic mass is 9.92. The highest BCUT2D eigenvalue weighted by molar-refractivity contribution is 7.09. The zero-order valence-electron chi connectivity index (χ0n) is 17.6. The second-order valence-electron chi connectivity index (χ2n) is 9.05. The summed E-state index contributed by atoms with van der Waals surface area (Å²) in [6.45, 7) is 9.81. The molecule has 2 aliphatic rings. The van der Waals surface area contributed by atoms with Gasteiger partial charge in [-0.1, -0.05) is 40.0 Å². The van der Waals surface area contributed by atoms with Crippen molar-refractivity contribution in [3.8, 4) is 0 Å². The Labute approximate surface area is 169 Å². The lowest BCUT2D eigenvalue weighted by Gasteiger charge is -2.39. The highest BCUT2D eigenvalue weighted by atomic mass is 32.1. The van der Waals surface area contributed by atoms with Gasteiger partial charge in [0, 0.05) is 43.0 Å². The summed E-state index contributed by atoms with van der Waals surface area (Å²) >= 11 is 1.73. The number of aliphatic imine (C=N–C) groups is 1. The van der Waals surface area contributed by atoms with E-state index >= 15 is 0 Å². The average molecular weight is 392 g/mol. The van der Waals surface area contributed by atoms with E-state index in [2.05, 4.69) is 46.7 Å². The standard InChI is InChI=1S/C21H37N5S/c1-21(2,3)18-15-27-19(25-18)14-23-20(22-4)24-16-10-12-26(13-11-16)17-8-6-5-7-9-17/h15-17H,5-14H2,1-4H3,(H2,22,23,24). The minimum absolute atomic E-state index is 0.112. The molecule has 1 aliphatic heterocycles. The number of aromatic nitrogens is 1. The van der Waals surface area contributed by atoms with E-state index in [1.165, 1.54) is 63.7 Å². The Hall–Kier alpha value is -1.14. The zero-order chi connectivity index (χ0) is 19.3. The molecule has 1 aliphatic carbocycles. The van der Waals surface area contributed by atoms with E-state index in [0.717, 1.165) is 23.6 Å². The van der Waals surface area contributed by atoms with Gasteiger partial charge in [0.15, 0.2) is 5.96 Å². The van der Waals surface area contributed by atoms with Gasteiger partial charge in [-0.3, -0.25) is 4.99 Å². The molecule has 0 amide bonds. The normalized spacial score (nSPS) is 21.4. The van der Waals surface area contributed by atoms with Gasteiger partial charge in [0.2, 0.25) is 0 Å². The first-order valence-electron chi connectivity index (χ1n) is 10.6. The SMILES string of the molecule is CN=C(NCc1nc(C(C)(C)C)cs1)NC1CCN(C2CCCCC2)CC1. The molecule has 0 aromatic carbocycles. The average Bonchev–Trinajstić information content (AvgIpc) is 3.16. The highest BCUT2D eigenvalue weighted by Gasteiger charge is 2.26. The zero-order valence-corrected chi connectivity index (χ0v) is 18.4. The van der Waals surface area contributed by atoms with E-state index in [1.54, 1.807) is 11.3 Å². The molecule has 1 aromatic heterocycles. The quantitative estimate of drug-likeness (QED) is 0.604. The molecule has 6 heteroatoms. The van der Waals surface area contributed by atoms with Crippen LogP contribution in [0.4, 0.5) is 0 Å². The van der Waals surface area contributed by atoms with E-state index in [-0.39, 0.29) is 5.41 Å². The molecule has 1 aromatic rings. The summed E-state index contributed by atoms with van der Waals surface area (Å²) in [6.07, 6.45) is 9.52. The molecule has 152 valence electrons. The summed E-state index contributed by atoms with van der Waals surface area (Å²) in [6, 6.07) is 1.37. The number of likely N-dealkylation sites (tertiary alicyclic amines) is 1. The minimum atomic E-state index is 0.112. The van der Waals surface area contributed by atoms with Gasteiger partial charge >= 0.3 is 0 Å². The Kier molecular flexibility index (Phi) is 7.15. The van der Waals surface area contributed by atoms with Crippen LogP contribution < -0.4 is 10.6 Å². The summed E-state index contributed by atoms with van der Waals surface area (Å²) in [5, 5.41) is 10.4. The van der Waals surface area contributed by atoms with Crippen molar-refractivity contribution in [3.63, 3.8) is 0 Å². The van der Waals surface area contributed by atoms with Crippen LogP contribution in [-0.2, 0) is 12.0 Å². The van der Waals surface area contributed by atoms with Crippen molar-refractivity contribution in [2.45, 2.75) is 89.8 Å². The molecule has 1 saturated heterocycles. The molecule has 2 N–H and O–H groups in total. The van der Waals surface area contributed by atoms with Crippen LogP contribution >= 0.6 is 11.3 Å². The van der Waals surface area contributed by atoms with Crippen molar-refractivity contribution in [1.82, 2.24) is 20.5 Å². The van der Waals surface area contributed by atoms with Crippen molar-refractivity contribution in [2.24, 2.45) is 4.99 Å². The number of hydrogen-bond acceptors (Lipinski definition) is 4. The Balaban J connectivity index is 1.42. The third kappa shape index (κ3) is 5.92. The third-order valence-corrected chi connectivity index (χ3v) is 6.76. The van der Waals surface area contributed by atoms with Crippen molar-refractivity contribution < 1.29 is 0 Å². The van der Waals surface area contributed by atoms with Gasteiger partial charge in [0.25, 0.3) is 0 Å². The van der Waals surface area contributed by atoms with Gasteiger partial charge in [-0.05, 0) is 25.7 Å². The highest BCUT2D eigenvalue weighted by Crippen LogP contribution is 2.25.